The van der Waals surface area contributed by atoms with Gasteiger partial charge in [-0.2, -0.15) is 0 Å². The van der Waals surface area contributed by atoms with Crippen molar-refractivity contribution in [3.63, 3.8) is 0 Å². The summed E-state index contributed by atoms with van der Waals surface area (Å²) in [7, 11) is 0. The number of ether oxygens (including phenoxy) is 1. The first-order valence-electron chi connectivity index (χ1n) is 6.36. The van der Waals surface area contributed by atoms with Gasteiger partial charge in [0.25, 0.3) is 0 Å². The molecule has 0 aliphatic carbocycles. The summed E-state index contributed by atoms with van der Waals surface area (Å²) in [6.45, 7) is 2.05. The van der Waals surface area contributed by atoms with Crippen LogP contribution in [0.3, 0.4) is 0 Å². The topological polar surface area (TPSA) is 66.8 Å². The lowest BCUT2D eigenvalue weighted by atomic mass is 10.0. The minimum absolute atomic E-state index is 0.130. The molecule has 0 aliphatic rings. The van der Waals surface area contributed by atoms with Crippen molar-refractivity contribution in [1.82, 2.24) is 0 Å². The Morgan fingerprint density at radius 2 is 2.00 bits per heavy atom. The molecule has 0 aliphatic heterocycles. The van der Waals surface area contributed by atoms with Crippen LogP contribution in [-0.2, 0) is 11.4 Å². The second kappa shape index (κ2) is 6.61. The van der Waals surface area contributed by atoms with Crippen LogP contribution in [0, 0.1) is 6.92 Å². The average Bonchev–Trinajstić information content (AvgIpc) is 2.46. The number of rotatable bonds is 5. The number of halogens is 1. The third kappa shape index (κ3) is 3.74. The van der Waals surface area contributed by atoms with Crippen LogP contribution >= 0.6 is 11.6 Å². The van der Waals surface area contributed by atoms with Crippen LogP contribution in [0.1, 0.15) is 22.8 Å². The van der Waals surface area contributed by atoms with Gasteiger partial charge in [0, 0.05) is 5.02 Å². The van der Waals surface area contributed by atoms with Crippen molar-refractivity contribution < 1.29 is 19.7 Å². The molecule has 1 unspecified atom stereocenters. The number of aliphatic hydroxyl groups is 1. The van der Waals surface area contributed by atoms with Gasteiger partial charge in [-0.05, 0) is 41.8 Å². The number of carbonyl (C=O) groups is 1. The lowest BCUT2D eigenvalue weighted by molar-refractivity contribution is -0.147. The predicted molar refractivity (Wildman–Crippen MR) is 79.6 cm³/mol. The Kier molecular flexibility index (Phi) is 4.83. The van der Waals surface area contributed by atoms with Crippen LogP contribution in [0.2, 0.25) is 5.02 Å². The zero-order valence-electron chi connectivity index (χ0n) is 11.4. The van der Waals surface area contributed by atoms with Crippen LogP contribution in [0.5, 0.6) is 5.75 Å². The van der Waals surface area contributed by atoms with Gasteiger partial charge in [0.2, 0.25) is 0 Å². The summed E-state index contributed by atoms with van der Waals surface area (Å²) in [6, 6.07) is 12.1. The molecule has 4 nitrogen and oxygen atoms in total. The van der Waals surface area contributed by atoms with E-state index >= 15 is 0 Å². The fourth-order valence-electron chi connectivity index (χ4n) is 1.97. The van der Waals surface area contributed by atoms with Gasteiger partial charge >= 0.3 is 5.97 Å². The molecule has 0 heterocycles. The highest BCUT2D eigenvalue weighted by Crippen LogP contribution is 2.25. The number of carboxylic acid groups (broad SMARTS) is 1. The van der Waals surface area contributed by atoms with E-state index in [1.807, 2.05) is 31.2 Å². The minimum atomic E-state index is -1.60. The van der Waals surface area contributed by atoms with Crippen molar-refractivity contribution in [3.05, 3.63) is 64.2 Å². The Bertz CT molecular complexity index is 654. The Labute approximate surface area is 127 Å². The second-order valence-corrected chi connectivity index (χ2v) is 5.07. The molecule has 2 aromatic rings. The van der Waals surface area contributed by atoms with E-state index in [1.165, 1.54) is 6.07 Å². The smallest absolute Gasteiger partial charge is 0.337 e. The van der Waals surface area contributed by atoms with E-state index in [9.17, 15) is 9.90 Å². The number of hydrogen-bond acceptors (Lipinski definition) is 3. The highest BCUT2D eigenvalue weighted by molar-refractivity contribution is 6.30. The van der Waals surface area contributed by atoms with Gasteiger partial charge in [0.1, 0.15) is 12.4 Å². The minimum Gasteiger partial charge on any atom is -0.489 e. The summed E-state index contributed by atoms with van der Waals surface area (Å²) in [5, 5.41) is 19.1. The highest BCUT2D eigenvalue weighted by atomic mass is 35.5. The molecule has 0 saturated heterocycles. The molecule has 2 rings (SSSR count). The standard InChI is InChI=1S/C16H15ClO4/c1-10-4-2-3-5-14(10)21-9-11-8-12(17)6-7-13(11)15(18)16(19)20/h2-8,15,18H,9H2,1H3,(H,19,20). The van der Waals surface area contributed by atoms with Crippen molar-refractivity contribution in [2.45, 2.75) is 19.6 Å². The number of aliphatic hydroxyl groups excluding tert-OH is 1. The Morgan fingerprint density at radius 1 is 1.29 bits per heavy atom. The average molecular weight is 307 g/mol. The van der Waals surface area contributed by atoms with Gasteiger partial charge in [-0.15, -0.1) is 0 Å². The summed E-state index contributed by atoms with van der Waals surface area (Å²) in [5.41, 5.74) is 1.79. The van der Waals surface area contributed by atoms with E-state index in [4.69, 9.17) is 21.4 Å². The second-order valence-electron chi connectivity index (χ2n) is 4.64. The van der Waals surface area contributed by atoms with Crippen molar-refractivity contribution in [2.75, 3.05) is 0 Å². The molecule has 2 N–H and O–H groups in total. The van der Waals surface area contributed by atoms with Crippen LogP contribution in [-0.4, -0.2) is 16.2 Å². The molecule has 5 heteroatoms. The van der Waals surface area contributed by atoms with E-state index in [0.29, 0.717) is 16.3 Å². The molecule has 0 saturated carbocycles. The van der Waals surface area contributed by atoms with Gasteiger partial charge in [0.15, 0.2) is 6.10 Å². The van der Waals surface area contributed by atoms with Crippen molar-refractivity contribution in [1.29, 1.82) is 0 Å². The summed E-state index contributed by atoms with van der Waals surface area (Å²) in [5.74, 6) is -0.609. The predicted octanol–water partition coefficient (Wildman–Crippen LogP) is 3.35. The Morgan fingerprint density at radius 3 is 2.67 bits per heavy atom. The molecule has 0 aromatic heterocycles. The van der Waals surface area contributed by atoms with Crippen LogP contribution < -0.4 is 4.74 Å². The maximum absolute atomic E-state index is 10.9. The van der Waals surface area contributed by atoms with Gasteiger partial charge in [-0.25, -0.2) is 4.79 Å². The molecule has 2 aromatic carbocycles. The van der Waals surface area contributed by atoms with E-state index < -0.39 is 12.1 Å². The molecule has 0 bridgehead atoms. The summed E-state index contributed by atoms with van der Waals surface area (Å²) in [6.07, 6.45) is -1.60. The molecular weight excluding hydrogens is 292 g/mol. The van der Waals surface area contributed by atoms with Crippen molar-refractivity contribution in [3.8, 4) is 5.75 Å². The van der Waals surface area contributed by atoms with Gasteiger partial charge in [-0.1, -0.05) is 35.9 Å². The molecular formula is C16H15ClO4. The fraction of sp³-hybridized carbons (Fsp3) is 0.188. The maximum atomic E-state index is 10.9. The van der Waals surface area contributed by atoms with E-state index in [1.54, 1.807) is 12.1 Å². The number of aryl methyl sites for hydroxylation is 1. The zero-order chi connectivity index (χ0) is 15.4. The molecule has 0 fully saturated rings. The van der Waals surface area contributed by atoms with Gasteiger partial charge in [0.05, 0.1) is 0 Å². The van der Waals surface area contributed by atoms with Crippen LogP contribution in [0.15, 0.2) is 42.5 Å². The first kappa shape index (κ1) is 15.4. The number of carboxylic acids is 1. The SMILES string of the molecule is Cc1ccccc1OCc1cc(Cl)ccc1C(O)C(=O)O. The lowest BCUT2D eigenvalue weighted by Gasteiger charge is -2.14. The molecule has 1 atom stereocenters. The molecule has 0 amide bonds. The number of para-hydroxylation sites is 1. The van der Waals surface area contributed by atoms with E-state index in [2.05, 4.69) is 0 Å². The molecule has 21 heavy (non-hydrogen) atoms. The Hall–Kier alpha value is -2.04. The molecule has 0 spiro atoms. The van der Waals surface area contributed by atoms with Crippen molar-refractivity contribution in [2.24, 2.45) is 0 Å². The monoisotopic (exact) mass is 306 g/mol. The van der Waals surface area contributed by atoms with Crippen LogP contribution in [0.25, 0.3) is 0 Å². The molecule has 110 valence electrons. The largest absolute Gasteiger partial charge is 0.489 e. The first-order chi connectivity index (χ1) is 9.99. The first-order valence-corrected chi connectivity index (χ1v) is 6.74. The highest BCUT2D eigenvalue weighted by Gasteiger charge is 2.20. The molecule has 0 radical (unpaired) electrons. The number of hydrogen-bond donors (Lipinski definition) is 2. The third-order valence-corrected chi connectivity index (χ3v) is 3.35. The lowest BCUT2D eigenvalue weighted by Crippen LogP contribution is -2.13. The van der Waals surface area contributed by atoms with Gasteiger partial charge in [-0.3, -0.25) is 0 Å². The van der Waals surface area contributed by atoms with Gasteiger partial charge < -0.3 is 14.9 Å². The van der Waals surface area contributed by atoms with Crippen molar-refractivity contribution >= 4 is 17.6 Å². The maximum Gasteiger partial charge on any atom is 0.337 e. The number of benzene rings is 2. The quantitative estimate of drug-likeness (QED) is 0.889. The third-order valence-electron chi connectivity index (χ3n) is 3.11. The normalized spacial score (nSPS) is 12.0. The Balaban J connectivity index is 2.25. The summed E-state index contributed by atoms with van der Waals surface area (Å²) < 4.78 is 5.69. The zero-order valence-corrected chi connectivity index (χ0v) is 12.2. The summed E-state index contributed by atoms with van der Waals surface area (Å²) >= 11 is 5.93. The fourth-order valence-corrected chi connectivity index (χ4v) is 2.17. The number of aliphatic carboxylic acids is 1. The van der Waals surface area contributed by atoms with E-state index in [-0.39, 0.29) is 12.2 Å². The summed E-state index contributed by atoms with van der Waals surface area (Å²) in [4.78, 5) is 10.9. The van der Waals surface area contributed by atoms with E-state index in [0.717, 1.165) is 5.56 Å². The van der Waals surface area contributed by atoms with Crippen LogP contribution in [0.4, 0.5) is 0 Å².